The van der Waals surface area contributed by atoms with Gasteiger partial charge in [-0.15, -0.1) is 35.3 Å². The first-order chi connectivity index (χ1) is 11.7. The largest absolute Gasteiger partial charge is 0.497 e. The number of aliphatic imine (C=N–C) groups is 1. The van der Waals surface area contributed by atoms with Crippen LogP contribution in [0.3, 0.4) is 0 Å². The van der Waals surface area contributed by atoms with Crippen molar-refractivity contribution in [3.63, 3.8) is 0 Å². The van der Waals surface area contributed by atoms with Crippen LogP contribution in [0.2, 0.25) is 0 Å². The number of hydrogen-bond donors (Lipinski definition) is 3. The first-order valence-corrected chi connectivity index (χ1v) is 8.50. The van der Waals surface area contributed by atoms with Crippen LogP contribution in [0.5, 0.6) is 5.75 Å². The summed E-state index contributed by atoms with van der Waals surface area (Å²) in [4.78, 5) is 17.5. The van der Waals surface area contributed by atoms with Crippen LogP contribution in [0.25, 0.3) is 0 Å². The van der Waals surface area contributed by atoms with E-state index in [1.165, 1.54) is 4.88 Å². The zero-order valence-corrected chi connectivity index (χ0v) is 17.4. The Hall–Kier alpha value is -1.81. The van der Waals surface area contributed by atoms with E-state index in [1.807, 2.05) is 17.5 Å². The first-order valence-electron chi connectivity index (χ1n) is 7.62. The van der Waals surface area contributed by atoms with E-state index in [0.29, 0.717) is 30.4 Å². The van der Waals surface area contributed by atoms with Crippen LogP contribution in [0.1, 0.15) is 15.2 Å². The maximum atomic E-state index is 12.1. The number of carbonyl (C=O) groups excluding carboxylic acids is 1. The summed E-state index contributed by atoms with van der Waals surface area (Å²) >= 11 is 1.70. The summed E-state index contributed by atoms with van der Waals surface area (Å²) in [7, 11) is 3.30. The molecule has 0 bridgehead atoms. The van der Waals surface area contributed by atoms with Crippen molar-refractivity contribution in [1.29, 1.82) is 0 Å². The van der Waals surface area contributed by atoms with Gasteiger partial charge in [0.05, 0.1) is 13.7 Å². The van der Waals surface area contributed by atoms with Crippen molar-refractivity contribution in [3.05, 3.63) is 52.2 Å². The van der Waals surface area contributed by atoms with E-state index in [4.69, 9.17) is 4.74 Å². The summed E-state index contributed by atoms with van der Waals surface area (Å²) in [6.45, 7) is 1.81. The van der Waals surface area contributed by atoms with Crippen molar-refractivity contribution in [2.75, 3.05) is 27.2 Å². The van der Waals surface area contributed by atoms with Gasteiger partial charge in [0.1, 0.15) is 5.75 Å². The van der Waals surface area contributed by atoms with Gasteiger partial charge in [-0.2, -0.15) is 0 Å². The molecule has 6 nitrogen and oxygen atoms in total. The Morgan fingerprint density at radius 1 is 1.16 bits per heavy atom. The van der Waals surface area contributed by atoms with Gasteiger partial charge in [0, 0.05) is 30.6 Å². The molecule has 0 atom stereocenters. The highest BCUT2D eigenvalue weighted by molar-refractivity contribution is 14.0. The van der Waals surface area contributed by atoms with Gasteiger partial charge >= 0.3 is 0 Å². The fourth-order valence-electron chi connectivity index (χ4n) is 2.03. The molecule has 0 saturated heterocycles. The molecule has 2 rings (SSSR count). The van der Waals surface area contributed by atoms with Gasteiger partial charge in [-0.05, 0) is 29.6 Å². The van der Waals surface area contributed by atoms with Crippen LogP contribution in [0, 0.1) is 0 Å². The van der Waals surface area contributed by atoms with Crippen LogP contribution in [-0.2, 0) is 6.54 Å². The molecule has 1 aromatic heterocycles. The molecule has 3 N–H and O–H groups in total. The fourth-order valence-corrected chi connectivity index (χ4v) is 2.67. The highest BCUT2D eigenvalue weighted by Gasteiger charge is 2.06. The molecule has 0 radical (unpaired) electrons. The number of ether oxygens (including phenoxy) is 1. The molecule has 0 unspecified atom stereocenters. The van der Waals surface area contributed by atoms with Crippen LogP contribution in [-0.4, -0.2) is 39.1 Å². The number of halogens is 1. The maximum absolute atomic E-state index is 12.1. The Bertz CT molecular complexity index is 677. The van der Waals surface area contributed by atoms with E-state index in [9.17, 15) is 4.79 Å². The second-order valence-electron chi connectivity index (χ2n) is 4.92. The SMILES string of the molecule is CN=C(NCCNC(=O)c1cccc(OC)c1)NCc1cccs1.I. The van der Waals surface area contributed by atoms with Crippen LogP contribution >= 0.6 is 35.3 Å². The normalized spacial score (nSPS) is 10.6. The minimum atomic E-state index is -0.128. The molecular formula is C17H23IN4O2S. The van der Waals surface area contributed by atoms with Gasteiger partial charge in [0.25, 0.3) is 5.91 Å². The van der Waals surface area contributed by atoms with E-state index >= 15 is 0 Å². The van der Waals surface area contributed by atoms with Crippen molar-refractivity contribution in [1.82, 2.24) is 16.0 Å². The molecule has 1 heterocycles. The van der Waals surface area contributed by atoms with Crippen LogP contribution in [0.4, 0.5) is 0 Å². The Morgan fingerprint density at radius 2 is 1.96 bits per heavy atom. The van der Waals surface area contributed by atoms with Crippen molar-refractivity contribution >= 4 is 47.2 Å². The van der Waals surface area contributed by atoms with Crippen molar-refractivity contribution in [2.24, 2.45) is 4.99 Å². The molecule has 0 aliphatic carbocycles. The lowest BCUT2D eigenvalue weighted by atomic mass is 10.2. The third kappa shape index (κ3) is 7.30. The van der Waals surface area contributed by atoms with Crippen molar-refractivity contribution < 1.29 is 9.53 Å². The number of rotatable bonds is 7. The maximum Gasteiger partial charge on any atom is 0.251 e. The quantitative estimate of drug-likeness (QED) is 0.250. The van der Waals surface area contributed by atoms with E-state index in [0.717, 1.165) is 6.54 Å². The summed E-state index contributed by atoms with van der Waals surface area (Å²) in [5.41, 5.74) is 0.578. The zero-order valence-electron chi connectivity index (χ0n) is 14.2. The Morgan fingerprint density at radius 3 is 2.64 bits per heavy atom. The number of amides is 1. The van der Waals surface area contributed by atoms with Gasteiger partial charge in [-0.25, -0.2) is 0 Å². The molecule has 136 valence electrons. The number of nitrogens with one attached hydrogen (secondary N) is 3. The second-order valence-corrected chi connectivity index (χ2v) is 5.95. The third-order valence-corrected chi connectivity index (χ3v) is 4.15. The number of carbonyl (C=O) groups is 1. The lowest BCUT2D eigenvalue weighted by Gasteiger charge is -2.12. The number of hydrogen-bond acceptors (Lipinski definition) is 4. The van der Waals surface area contributed by atoms with E-state index < -0.39 is 0 Å². The Labute approximate surface area is 169 Å². The predicted octanol–water partition coefficient (Wildman–Crippen LogP) is 2.47. The molecule has 0 spiro atoms. The Kier molecular flexibility index (Phi) is 9.93. The minimum Gasteiger partial charge on any atom is -0.497 e. The summed E-state index contributed by atoms with van der Waals surface area (Å²) < 4.78 is 5.12. The second kappa shape index (κ2) is 11.7. The smallest absolute Gasteiger partial charge is 0.251 e. The average molecular weight is 474 g/mol. The summed E-state index contributed by atoms with van der Waals surface area (Å²) in [6, 6.07) is 11.2. The van der Waals surface area contributed by atoms with Crippen LogP contribution in [0.15, 0.2) is 46.8 Å². The molecule has 2 aromatic rings. The molecule has 0 aliphatic rings. The van der Waals surface area contributed by atoms with Crippen molar-refractivity contribution in [2.45, 2.75) is 6.54 Å². The molecule has 8 heteroatoms. The third-order valence-electron chi connectivity index (χ3n) is 3.27. The Balaban J connectivity index is 0.00000312. The monoisotopic (exact) mass is 474 g/mol. The fraction of sp³-hybridized carbons (Fsp3) is 0.294. The molecule has 0 saturated carbocycles. The lowest BCUT2D eigenvalue weighted by Crippen LogP contribution is -2.41. The van der Waals surface area contributed by atoms with Gasteiger partial charge in [-0.3, -0.25) is 9.79 Å². The number of thiophene rings is 1. The highest BCUT2D eigenvalue weighted by Crippen LogP contribution is 2.12. The van der Waals surface area contributed by atoms with E-state index in [2.05, 4.69) is 27.0 Å². The van der Waals surface area contributed by atoms with Gasteiger partial charge in [0.15, 0.2) is 5.96 Å². The van der Waals surface area contributed by atoms with Gasteiger partial charge < -0.3 is 20.7 Å². The molecule has 1 aromatic carbocycles. The first kappa shape index (κ1) is 21.2. The topological polar surface area (TPSA) is 74.8 Å². The predicted molar refractivity (Wildman–Crippen MR) is 113 cm³/mol. The molecular weight excluding hydrogens is 451 g/mol. The lowest BCUT2D eigenvalue weighted by molar-refractivity contribution is 0.0954. The number of benzene rings is 1. The number of methoxy groups -OCH3 is 1. The summed E-state index contributed by atoms with van der Waals surface area (Å²) in [5.74, 6) is 1.25. The van der Waals surface area contributed by atoms with Gasteiger partial charge in [-0.1, -0.05) is 12.1 Å². The summed E-state index contributed by atoms with van der Waals surface area (Å²) in [5, 5.41) is 11.3. The molecule has 1 amide bonds. The molecule has 25 heavy (non-hydrogen) atoms. The molecule has 0 fully saturated rings. The van der Waals surface area contributed by atoms with Crippen LogP contribution < -0.4 is 20.7 Å². The van der Waals surface area contributed by atoms with E-state index in [1.54, 1.807) is 43.7 Å². The number of guanidine groups is 1. The minimum absolute atomic E-state index is 0. The van der Waals surface area contributed by atoms with Gasteiger partial charge in [0.2, 0.25) is 0 Å². The standard InChI is InChI=1S/C17H22N4O2S.HI/c1-18-17(21-12-15-7-4-10-24-15)20-9-8-19-16(22)13-5-3-6-14(11-13)23-2;/h3-7,10-11H,8-9,12H2,1-2H3,(H,19,22)(H2,18,20,21);1H. The van der Waals surface area contributed by atoms with E-state index in [-0.39, 0.29) is 29.9 Å². The molecule has 0 aliphatic heterocycles. The average Bonchev–Trinajstić information content (AvgIpc) is 3.14. The number of nitrogens with zero attached hydrogens (tertiary/aromatic N) is 1. The highest BCUT2D eigenvalue weighted by atomic mass is 127. The zero-order chi connectivity index (χ0) is 17.2. The van der Waals surface area contributed by atoms with Crippen molar-refractivity contribution in [3.8, 4) is 5.75 Å². The summed E-state index contributed by atoms with van der Waals surface area (Å²) in [6.07, 6.45) is 0.